The van der Waals surface area contributed by atoms with Crippen LogP contribution in [0.15, 0.2) is 18.2 Å². The van der Waals surface area contributed by atoms with Crippen LogP contribution in [0.4, 0.5) is 0 Å². The van der Waals surface area contributed by atoms with Gasteiger partial charge in [-0.15, -0.1) is 0 Å². The topological polar surface area (TPSA) is 38.7 Å². The van der Waals surface area contributed by atoms with E-state index >= 15 is 0 Å². The molecular weight excluding hydrogens is 408 g/mol. The SMILES string of the molecule is CCCCCCCCCCC1CC2CC1CC2c1ccc(O)c(C)c1.CCCOCCOC. The third-order valence-corrected chi connectivity index (χ3v) is 7.86. The van der Waals surface area contributed by atoms with Gasteiger partial charge >= 0.3 is 0 Å². The lowest BCUT2D eigenvalue weighted by molar-refractivity contribution is 0.0710. The first kappa shape index (κ1) is 28.2. The van der Waals surface area contributed by atoms with Crippen molar-refractivity contribution in [2.24, 2.45) is 17.8 Å². The van der Waals surface area contributed by atoms with Gasteiger partial charge in [-0.2, -0.15) is 0 Å². The fourth-order valence-corrected chi connectivity index (χ4v) is 5.99. The number of rotatable bonds is 15. The Kier molecular flexibility index (Phi) is 14.1. The van der Waals surface area contributed by atoms with Gasteiger partial charge in [0, 0.05) is 13.7 Å². The second-order valence-electron chi connectivity index (χ2n) is 10.5. The number of phenolic OH excluding ortho intramolecular Hbond substituents is 1. The molecule has 2 aliphatic carbocycles. The number of aryl methyl sites for hydroxylation is 1. The summed E-state index contributed by atoms with van der Waals surface area (Å²) in [5.74, 6) is 4.11. The predicted molar refractivity (Wildman–Crippen MR) is 140 cm³/mol. The van der Waals surface area contributed by atoms with Crippen LogP contribution in [0.5, 0.6) is 5.75 Å². The normalized spacial score (nSPS) is 23.5. The Balaban J connectivity index is 0.000000414. The smallest absolute Gasteiger partial charge is 0.118 e. The van der Waals surface area contributed by atoms with Gasteiger partial charge in [-0.05, 0) is 73.5 Å². The molecule has 2 bridgehead atoms. The maximum Gasteiger partial charge on any atom is 0.118 e. The lowest BCUT2D eigenvalue weighted by Gasteiger charge is -2.28. The molecule has 0 radical (unpaired) electrons. The summed E-state index contributed by atoms with van der Waals surface area (Å²) in [6.07, 6.45) is 18.4. The van der Waals surface area contributed by atoms with E-state index in [1.54, 1.807) is 7.11 Å². The lowest BCUT2D eigenvalue weighted by Crippen LogP contribution is -2.16. The number of fused-ring (bicyclic) bond motifs is 2. The van der Waals surface area contributed by atoms with E-state index in [9.17, 15) is 5.11 Å². The lowest BCUT2D eigenvalue weighted by atomic mass is 9.77. The molecule has 1 N–H and O–H groups in total. The zero-order chi connectivity index (χ0) is 23.9. The van der Waals surface area contributed by atoms with Crippen LogP contribution < -0.4 is 0 Å². The molecule has 2 saturated carbocycles. The molecule has 0 spiro atoms. The highest BCUT2D eigenvalue weighted by atomic mass is 16.5. The molecule has 33 heavy (non-hydrogen) atoms. The van der Waals surface area contributed by atoms with E-state index in [-0.39, 0.29) is 0 Å². The number of benzene rings is 1. The van der Waals surface area contributed by atoms with Crippen molar-refractivity contribution in [3.8, 4) is 5.75 Å². The molecule has 3 nitrogen and oxygen atoms in total. The average Bonchev–Trinajstić information content (AvgIpc) is 3.42. The highest BCUT2D eigenvalue weighted by molar-refractivity contribution is 5.37. The van der Waals surface area contributed by atoms with Crippen LogP contribution in [0.3, 0.4) is 0 Å². The maximum absolute atomic E-state index is 9.76. The van der Waals surface area contributed by atoms with E-state index in [1.807, 2.05) is 13.0 Å². The van der Waals surface area contributed by atoms with Gasteiger partial charge in [0.1, 0.15) is 5.75 Å². The minimum absolute atomic E-state index is 0.444. The minimum atomic E-state index is 0.444. The maximum atomic E-state index is 9.76. The van der Waals surface area contributed by atoms with Gasteiger partial charge in [-0.25, -0.2) is 0 Å². The molecule has 3 rings (SSSR count). The van der Waals surface area contributed by atoms with E-state index in [0.29, 0.717) is 12.4 Å². The Morgan fingerprint density at radius 2 is 1.55 bits per heavy atom. The number of phenols is 1. The number of hydrogen-bond acceptors (Lipinski definition) is 3. The first-order valence-corrected chi connectivity index (χ1v) is 14.0. The minimum Gasteiger partial charge on any atom is -0.508 e. The van der Waals surface area contributed by atoms with E-state index < -0.39 is 0 Å². The Hall–Kier alpha value is -1.06. The highest BCUT2D eigenvalue weighted by Crippen LogP contribution is 2.57. The fourth-order valence-electron chi connectivity index (χ4n) is 5.99. The van der Waals surface area contributed by atoms with Crippen LogP contribution in [-0.4, -0.2) is 32.0 Å². The predicted octanol–water partition coefficient (Wildman–Crippen LogP) is 8.42. The first-order valence-electron chi connectivity index (χ1n) is 14.0. The number of unbranched alkanes of at least 4 members (excludes halogenated alkanes) is 7. The van der Waals surface area contributed by atoms with Crippen LogP contribution in [-0.2, 0) is 9.47 Å². The Bertz CT molecular complexity index is 623. The third-order valence-electron chi connectivity index (χ3n) is 7.86. The van der Waals surface area contributed by atoms with Gasteiger partial charge < -0.3 is 14.6 Å². The van der Waals surface area contributed by atoms with Gasteiger partial charge in [-0.1, -0.05) is 83.8 Å². The van der Waals surface area contributed by atoms with Gasteiger partial charge in [0.05, 0.1) is 13.2 Å². The molecule has 0 saturated heterocycles. The van der Waals surface area contributed by atoms with Crippen molar-refractivity contribution in [3.63, 3.8) is 0 Å². The zero-order valence-corrected chi connectivity index (χ0v) is 22.1. The van der Waals surface area contributed by atoms with Crippen LogP contribution in [0.1, 0.15) is 114 Å². The summed E-state index contributed by atoms with van der Waals surface area (Å²) in [7, 11) is 1.68. The van der Waals surface area contributed by atoms with Crippen molar-refractivity contribution >= 4 is 0 Å². The highest BCUT2D eigenvalue weighted by Gasteiger charge is 2.45. The largest absolute Gasteiger partial charge is 0.508 e. The summed E-state index contributed by atoms with van der Waals surface area (Å²) < 4.78 is 9.86. The molecule has 190 valence electrons. The van der Waals surface area contributed by atoms with Crippen molar-refractivity contribution in [1.29, 1.82) is 0 Å². The summed E-state index contributed by atoms with van der Waals surface area (Å²) >= 11 is 0. The van der Waals surface area contributed by atoms with Gasteiger partial charge in [0.15, 0.2) is 0 Å². The van der Waals surface area contributed by atoms with Gasteiger partial charge in [-0.3, -0.25) is 0 Å². The fraction of sp³-hybridized carbons (Fsp3) is 0.800. The van der Waals surface area contributed by atoms with Crippen molar-refractivity contribution in [2.45, 2.75) is 110 Å². The summed E-state index contributed by atoms with van der Waals surface area (Å²) in [6.45, 7) is 8.69. The molecule has 4 unspecified atom stereocenters. The van der Waals surface area contributed by atoms with E-state index in [2.05, 4.69) is 26.0 Å². The molecule has 3 heteroatoms. The second kappa shape index (κ2) is 16.5. The molecule has 0 aromatic heterocycles. The molecule has 2 aliphatic rings. The quantitative estimate of drug-likeness (QED) is 0.267. The van der Waals surface area contributed by atoms with Crippen LogP contribution in [0.25, 0.3) is 0 Å². The van der Waals surface area contributed by atoms with Crippen molar-refractivity contribution in [3.05, 3.63) is 29.3 Å². The van der Waals surface area contributed by atoms with Gasteiger partial charge in [0.25, 0.3) is 0 Å². The summed E-state index contributed by atoms with van der Waals surface area (Å²) in [4.78, 5) is 0. The number of ether oxygens (including phenoxy) is 2. The monoisotopic (exact) mass is 460 g/mol. The molecule has 0 aliphatic heterocycles. The summed E-state index contributed by atoms with van der Waals surface area (Å²) in [5.41, 5.74) is 2.52. The molecule has 0 amide bonds. The molecule has 2 fully saturated rings. The zero-order valence-electron chi connectivity index (χ0n) is 22.1. The Labute approximate surface area is 204 Å². The standard InChI is InChI=1S/C24H38O.C6H14O2/c1-3-4-5-6-7-8-9-10-11-19-15-22-16-21(19)17-23(22)20-12-13-24(25)18(2)14-20;1-3-4-8-6-5-7-2/h12-14,19,21-23,25H,3-11,15-17H2,1-2H3;3-6H2,1-2H3. The van der Waals surface area contributed by atoms with E-state index in [0.717, 1.165) is 48.9 Å². The summed E-state index contributed by atoms with van der Waals surface area (Å²) in [6, 6.07) is 6.30. The van der Waals surface area contributed by atoms with Crippen molar-refractivity contribution < 1.29 is 14.6 Å². The Morgan fingerprint density at radius 1 is 0.818 bits per heavy atom. The molecule has 1 aromatic rings. The second-order valence-corrected chi connectivity index (χ2v) is 10.5. The first-order chi connectivity index (χ1) is 16.1. The van der Waals surface area contributed by atoms with Gasteiger partial charge in [0.2, 0.25) is 0 Å². The number of methoxy groups -OCH3 is 1. The average molecular weight is 461 g/mol. The van der Waals surface area contributed by atoms with Crippen molar-refractivity contribution in [2.75, 3.05) is 26.9 Å². The van der Waals surface area contributed by atoms with Crippen molar-refractivity contribution in [1.82, 2.24) is 0 Å². The summed E-state index contributed by atoms with van der Waals surface area (Å²) in [5, 5.41) is 9.76. The number of hydrogen-bond donors (Lipinski definition) is 1. The number of aromatic hydroxyl groups is 1. The van der Waals surface area contributed by atoms with Crippen LogP contribution >= 0.6 is 0 Å². The van der Waals surface area contributed by atoms with E-state index in [1.165, 1.54) is 82.6 Å². The third kappa shape index (κ3) is 9.99. The van der Waals surface area contributed by atoms with Crippen LogP contribution in [0, 0.1) is 24.7 Å². The Morgan fingerprint density at radius 3 is 2.15 bits per heavy atom. The molecular formula is C30H52O3. The molecule has 1 aromatic carbocycles. The van der Waals surface area contributed by atoms with E-state index in [4.69, 9.17) is 9.47 Å². The molecule has 4 atom stereocenters. The van der Waals surface area contributed by atoms with Crippen LogP contribution in [0.2, 0.25) is 0 Å². The molecule has 0 heterocycles.